The summed E-state index contributed by atoms with van der Waals surface area (Å²) >= 11 is 0. The zero-order chi connectivity index (χ0) is 21.1. The normalized spacial score (nSPS) is 11.8. The second kappa shape index (κ2) is 8.21. The first-order valence-corrected chi connectivity index (χ1v) is 9.56. The van der Waals surface area contributed by atoms with Gasteiger partial charge in [0.25, 0.3) is 5.91 Å². The van der Waals surface area contributed by atoms with Crippen molar-refractivity contribution in [1.82, 2.24) is 14.9 Å². The largest absolute Gasteiger partial charge is 0.467 e. The Morgan fingerprint density at radius 3 is 2.30 bits per heavy atom. The van der Waals surface area contributed by atoms with Crippen LogP contribution in [-0.4, -0.2) is 28.5 Å². The van der Waals surface area contributed by atoms with E-state index in [-0.39, 0.29) is 5.91 Å². The summed E-state index contributed by atoms with van der Waals surface area (Å²) in [6.07, 6.45) is 0. The standard InChI is InChI=1S/C24H21N3O3/c1-16-25-20-15-18(13-14-21(20)27(16)19-11-7-4-8-12-19)23(28)26-22(24(29)30-2)17-9-5-3-6-10-17/h3-15,22H,1-2H3,(H,26,28). The van der Waals surface area contributed by atoms with Crippen LogP contribution in [0.2, 0.25) is 0 Å². The van der Waals surface area contributed by atoms with Crippen LogP contribution in [0.1, 0.15) is 27.8 Å². The minimum absolute atomic E-state index is 0.372. The van der Waals surface area contributed by atoms with Gasteiger partial charge in [-0.15, -0.1) is 0 Å². The molecule has 1 heterocycles. The average molecular weight is 399 g/mol. The maximum atomic E-state index is 12.9. The molecule has 0 bridgehead atoms. The smallest absolute Gasteiger partial charge is 0.333 e. The van der Waals surface area contributed by atoms with E-state index < -0.39 is 12.0 Å². The number of benzene rings is 3. The average Bonchev–Trinajstić information content (AvgIpc) is 3.12. The minimum Gasteiger partial charge on any atom is -0.467 e. The van der Waals surface area contributed by atoms with E-state index in [4.69, 9.17) is 4.74 Å². The van der Waals surface area contributed by atoms with Gasteiger partial charge in [-0.1, -0.05) is 48.5 Å². The van der Waals surface area contributed by atoms with Gasteiger partial charge < -0.3 is 10.1 Å². The van der Waals surface area contributed by atoms with E-state index in [1.165, 1.54) is 7.11 Å². The molecular weight excluding hydrogens is 378 g/mol. The third kappa shape index (κ3) is 3.67. The first kappa shape index (κ1) is 19.4. The summed E-state index contributed by atoms with van der Waals surface area (Å²) < 4.78 is 6.91. The lowest BCUT2D eigenvalue weighted by Gasteiger charge is -2.17. The predicted molar refractivity (Wildman–Crippen MR) is 114 cm³/mol. The van der Waals surface area contributed by atoms with Crippen LogP contribution in [0.4, 0.5) is 0 Å². The number of methoxy groups -OCH3 is 1. The van der Waals surface area contributed by atoms with Gasteiger partial charge in [-0.05, 0) is 42.8 Å². The molecule has 1 amide bonds. The van der Waals surface area contributed by atoms with Crippen molar-refractivity contribution >= 4 is 22.9 Å². The van der Waals surface area contributed by atoms with E-state index in [0.29, 0.717) is 16.6 Å². The van der Waals surface area contributed by atoms with Crippen molar-refractivity contribution in [3.8, 4) is 5.69 Å². The second-order valence-electron chi connectivity index (χ2n) is 6.87. The van der Waals surface area contributed by atoms with Gasteiger partial charge in [0.15, 0.2) is 6.04 Å². The highest BCUT2D eigenvalue weighted by Gasteiger charge is 2.24. The molecule has 0 saturated carbocycles. The number of aryl methyl sites for hydroxylation is 1. The van der Waals surface area contributed by atoms with Gasteiger partial charge in [0.05, 0.1) is 18.1 Å². The Bertz CT molecular complexity index is 1200. The second-order valence-corrected chi connectivity index (χ2v) is 6.87. The molecule has 150 valence electrons. The summed E-state index contributed by atoms with van der Waals surface area (Å²) in [6, 6.07) is 23.4. The van der Waals surface area contributed by atoms with Gasteiger partial charge in [-0.25, -0.2) is 9.78 Å². The number of rotatable bonds is 5. The van der Waals surface area contributed by atoms with E-state index in [1.807, 2.05) is 66.1 Å². The molecular formula is C24H21N3O3. The van der Waals surface area contributed by atoms with Gasteiger partial charge in [0, 0.05) is 11.3 Å². The molecule has 3 aromatic carbocycles. The Kier molecular flexibility index (Phi) is 5.30. The number of hydrogen-bond donors (Lipinski definition) is 1. The molecule has 6 nitrogen and oxygen atoms in total. The zero-order valence-electron chi connectivity index (χ0n) is 16.7. The van der Waals surface area contributed by atoms with E-state index >= 15 is 0 Å². The van der Waals surface area contributed by atoms with Gasteiger partial charge in [-0.3, -0.25) is 9.36 Å². The summed E-state index contributed by atoms with van der Waals surface area (Å²) in [5.74, 6) is -0.0756. The fourth-order valence-corrected chi connectivity index (χ4v) is 3.50. The molecule has 0 fully saturated rings. The molecule has 0 spiro atoms. The lowest BCUT2D eigenvalue weighted by Crippen LogP contribution is -2.34. The van der Waals surface area contributed by atoms with Crippen LogP contribution < -0.4 is 5.32 Å². The summed E-state index contributed by atoms with van der Waals surface area (Å²) in [4.78, 5) is 29.8. The van der Waals surface area contributed by atoms with Crippen LogP contribution >= 0.6 is 0 Å². The molecule has 0 radical (unpaired) electrons. The lowest BCUT2D eigenvalue weighted by atomic mass is 10.1. The SMILES string of the molecule is COC(=O)C(NC(=O)c1ccc2c(c1)nc(C)n2-c1ccccc1)c1ccccc1. The number of esters is 1. The van der Waals surface area contributed by atoms with Gasteiger partial charge in [0.2, 0.25) is 0 Å². The number of ether oxygens (including phenoxy) is 1. The zero-order valence-corrected chi connectivity index (χ0v) is 16.7. The van der Waals surface area contributed by atoms with Crippen LogP contribution in [0, 0.1) is 6.92 Å². The molecule has 0 saturated heterocycles. The first-order chi connectivity index (χ1) is 14.6. The summed E-state index contributed by atoms with van der Waals surface area (Å²) in [5.41, 5.74) is 3.69. The molecule has 0 aliphatic rings. The van der Waals surface area contributed by atoms with Crippen LogP contribution in [0.5, 0.6) is 0 Å². The minimum atomic E-state index is -0.886. The maximum absolute atomic E-state index is 12.9. The maximum Gasteiger partial charge on any atom is 0.333 e. The number of amides is 1. The third-order valence-corrected chi connectivity index (χ3v) is 4.94. The molecule has 6 heteroatoms. The number of fused-ring (bicyclic) bond motifs is 1. The number of para-hydroxylation sites is 1. The Morgan fingerprint density at radius 2 is 1.63 bits per heavy atom. The number of hydrogen-bond acceptors (Lipinski definition) is 4. The molecule has 4 rings (SSSR count). The van der Waals surface area contributed by atoms with Crippen LogP contribution in [0.15, 0.2) is 78.9 Å². The van der Waals surface area contributed by atoms with Crippen molar-refractivity contribution in [2.45, 2.75) is 13.0 Å². The summed E-state index contributed by atoms with van der Waals surface area (Å²) in [5, 5.41) is 2.77. The van der Waals surface area contributed by atoms with Crippen molar-refractivity contribution in [2.24, 2.45) is 0 Å². The fourth-order valence-electron chi connectivity index (χ4n) is 3.50. The molecule has 1 atom stereocenters. The monoisotopic (exact) mass is 399 g/mol. The highest BCUT2D eigenvalue weighted by Crippen LogP contribution is 2.23. The Labute approximate surface area is 174 Å². The number of imidazole rings is 1. The summed E-state index contributed by atoms with van der Waals surface area (Å²) in [7, 11) is 1.30. The van der Waals surface area contributed by atoms with E-state index in [0.717, 1.165) is 17.0 Å². The molecule has 1 unspecified atom stereocenters. The summed E-state index contributed by atoms with van der Waals surface area (Å²) in [6.45, 7) is 1.93. The number of aromatic nitrogens is 2. The van der Waals surface area contributed by atoms with Gasteiger partial charge >= 0.3 is 5.97 Å². The Morgan fingerprint density at radius 1 is 0.967 bits per heavy atom. The fraction of sp³-hybridized carbons (Fsp3) is 0.125. The Balaban J connectivity index is 1.66. The van der Waals surface area contributed by atoms with Crippen LogP contribution in [0.3, 0.4) is 0 Å². The lowest BCUT2D eigenvalue weighted by molar-refractivity contribution is -0.143. The van der Waals surface area contributed by atoms with Crippen molar-refractivity contribution in [3.05, 3.63) is 95.8 Å². The van der Waals surface area contributed by atoms with Crippen molar-refractivity contribution < 1.29 is 14.3 Å². The van der Waals surface area contributed by atoms with Crippen LogP contribution in [0.25, 0.3) is 16.7 Å². The topological polar surface area (TPSA) is 73.2 Å². The van der Waals surface area contributed by atoms with E-state index in [9.17, 15) is 9.59 Å². The number of carbonyl (C=O) groups is 2. The molecule has 0 aliphatic carbocycles. The van der Waals surface area contributed by atoms with E-state index in [2.05, 4.69) is 10.3 Å². The van der Waals surface area contributed by atoms with Gasteiger partial charge in [-0.2, -0.15) is 0 Å². The van der Waals surface area contributed by atoms with Crippen molar-refractivity contribution in [1.29, 1.82) is 0 Å². The highest BCUT2D eigenvalue weighted by molar-refractivity contribution is 5.99. The Hall–Kier alpha value is -3.93. The van der Waals surface area contributed by atoms with Crippen molar-refractivity contribution in [2.75, 3.05) is 7.11 Å². The third-order valence-electron chi connectivity index (χ3n) is 4.94. The predicted octanol–water partition coefficient (Wildman–Crippen LogP) is 3.98. The first-order valence-electron chi connectivity index (χ1n) is 9.56. The van der Waals surface area contributed by atoms with Gasteiger partial charge in [0.1, 0.15) is 5.82 Å². The van der Waals surface area contributed by atoms with Crippen LogP contribution in [-0.2, 0) is 9.53 Å². The molecule has 1 aromatic heterocycles. The van der Waals surface area contributed by atoms with Crippen molar-refractivity contribution in [3.63, 3.8) is 0 Å². The molecule has 4 aromatic rings. The molecule has 0 aliphatic heterocycles. The quantitative estimate of drug-likeness (QED) is 0.515. The van der Waals surface area contributed by atoms with E-state index in [1.54, 1.807) is 24.3 Å². The highest BCUT2D eigenvalue weighted by atomic mass is 16.5. The molecule has 30 heavy (non-hydrogen) atoms. The molecule has 1 N–H and O–H groups in total. The number of nitrogens with one attached hydrogen (secondary N) is 1. The number of carbonyl (C=O) groups excluding carboxylic acids is 2. The number of nitrogens with zero attached hydrogens (tertiary/aromatic N) is 2.